The molecule has 2 aliphatic rings. The molecule has 0 aliphatic carbocycles. The number of piperazine rings is 1. The zero-order chi connectivity index (χ0) is 34.5. The molecule has 1 aromatic heterocycles. The average Bonchev–Trinajstić information content (AvgIpc) is 3.27. The van der Waals surface area contributed by atoms with Crippen LogP contribution in [0.15, 0.2) is 85.2 Å². The maximum absolute atomic E-state index is 14.0. The Bertz CT molecular complexity index is 1880. The van der Waals surface area contributed by atoms with Crippen molar-refractivity contribution in [1.82, 2.24) is 14.8 Å². The number of halogens is 1. The van der Waals surface area contributed by atoms with Gasteiger partial charge in [-0.15, -0.1) is 0 Å². The number of esters is 1. The van der Waals surface area contributed by atoms with Crippen molar-refractivity contribution in [2.75, 3.05) is 49.5 Å². The van der Waals surface area contributed by atoms with E-state index in [2.05, 4.69) is 10.3 Å². The summed E-state index contributed by atoms with van der Waals surface area (Å²) in [5, 5.41) is 3.42. The highest BCUT2D eigenvalue weighted by atomic mass is 35.5. The van der Waals surface area contributed by atoms with E-state index in [1.54, 1.807) is 76.8 Å². The molecular weight excluding hydrogens is 642 g/mol. The number of fused-ring (bicyclic) bond motifs is 1. The molecule has 2 aliphatic heterocycles. The lowest BCUT2D eigenvalue weighted by molar-refractivity contribution is -0.151. The predicted octanol–water partition coefficient (Wildman–Crippen LogP) is 6.09. The van der Waals surface area contributed by atoms with Crippen LogP contribution >= 0.6 is 11.6 Å². The van der Waals surface area contributed by atoms with Crippen molar-refractivity contribution in [3.63, 3.8) is 0 Å². The van der Waals surface area contributed by atoms with Crippen molar-refractivity contribution in [1.29, 1.82) is 0 Å². The highest BCUT2D eigenvalue weighted by Gasteiger charge is 2.31. The van der Waals surface area contributed by atoms with Crippen LogP contribution in [0.2, 0.25) is 5.02 Å². The standard InChI is InChI=1S/C38H38ClN5O5/c1-25-6-3-4-7-30(25)36(46)41-29-10-11-31(26(2)22-29)38(48)44-17-5-8-34(32-23-28(39)9-12-33(32)44)49-35(45)24-42-18-20-43(21-19-42)37(47)27-13-15-40-16-14-27/h3-4,6-7,9-16,22-23,34H,5,8,17-21,24H2,1-2H3,(H,41,46). The third-order valence-corrected chi connectivity index (χ3v) is 9.27. The number of carbonyl (C=O) groups excluding carboxylic acids is 4. The Labute approximate surface area is 290 Å². The second-order valence-corrected chi connectivity index (χ2v) is 12.8. The van der Waals surface area contributed by atoms with Gasteiger partial charge in [0.2, 0.25) is 0 Å². The number of hydrogen-bond acceptors (Lipinski definition) is 7. The number of nitrogens with zero attached hydrogens (tertiary/aromatic N) is 4. The highest BCUT2D eigenvalue weighted by molar-refractivity contribution is 6.30. The number of benzene rings is 3. The number of amides is 3. The molecule has 0 bridgehead atoms. The van der Waals surface area contributed by atoms with Crippen molar-refractivity contribution >= 4 is 46.7 Å². The van der Waals surface area contributed by atoms with Gasteiger partial charge in [-0.05, 0) is 92.4 Å². The van der Waals surface area contributed by atoms with Crippen LogP contribution in [0.4, 0.5) is 11.4 Å². The molecule has 1 saturated heterocycles. The summed E-state index contributed by atoms with van der Waals surface area (Å²) in [6, 6.07) is 21.3. The van der Waals surface area contributed by atoms with Crippen molar-refractivity contribution < 1.29 is 23.9 Å². The fourth-order valence-corrected chi connectivity index (χ4v) is 6.57. The second kappa shape index (κ2) is 15.0. The van der Waals surface area contributed by atoms with Gasteiger partial charge in [0.05, 0.1) is 12.2 Å². The first-order chi connectivity index (χ1) is 23.7. The minimum absolute atomic E-state index is 0.0493. The van der Waals surface area contributed by atoms with Gasteiger partial charge in [-0.2, -0.15) is 0 Å². The van der Waals surface area contributed by atoms with Crippen molar-refractivity contribution in [2.45, 2.75) is 32.8 Å². The Kier molecular flexibility index (Phi) is 10.4. The summed E-state index contributed by atoms with van der Waals surface area (Å²) in [5.41, 5.74) is 5.20. The van der Waals surface area contributed by atoms with Gasteiger partial charge in [0.1, 0.15) is 6.10 Å². The zero-order valence-corrected chi connectivity index (χ0v) is 28.3. The van der Waals surface area contributed by atoms with E-state index in [0.29, 0.717) is 84.2 Å². The molecule has 10 nitrogen and oxygen atoms in total. The van der Waals surface area contributed by atoms with Crippen LogP contribution in [0.5, 0.6) is 0 Å². The van der Waals surface area contributed by atoms with E-state index in [0.717, 1.165) is 11.1 Å². The lowest BCUT2D eigenvalue weighted by atomic mass is 10.0. The van der Waals surface area contributed by atoms with Crippen molar-refractivity contribution in [3.05, 3.63) is 124 Å². The molecule has 3 aromatic carbocycles. The quantitative estimate of drug-likeness (QED) is 0.236. The van der Waals surface area contributed by atoms with E-state index >= 15 is 0 Å². The van der Waals surface area contributed by atoms with Crippen LogP contribution in [0.1, 0.15) is 66.7 Å². The van der Waals surface area contributed by atoms with E-state index in [1.165, 1.54) is 0 Å². The summed E-state index contributed by atoms with van der Waals surface area (Å²) >= 11 is 6.43. The van der Waals surface area contributed by atoms with Gasteiger partial charge < -0.3 is 19.9 Å². The van der Waals surface area contributed by atoms with E-state index in [4.69, 9.17) is 16.3 Å². The fourth-order valence-electron chi connectivity index (χ4n) is 6.39. The highest BCUT2D eigenvalue weighted by Crippen LogP contribution is 2.38. The maximum atomic E-state index is 14.0. The van der Waals surface area contributed by atoms with Crippen LogP contribution < -0.4 is 10.2 Å². The fraction of sp³-hybridized carbons (Fsp3) is 0.289. The Morgan fingerprint density at radius 1 is 0.837 bits per heavy atom. The molecule has 1 N–H and O–H groups in total. The van der Waals surface area contributed by atoms with E-state index in [9.17, 15) is 19.2 Å². The summed E-state index contributed by atoms with van der Waals surface area (Å²) in [6.45, 7) is 6.37. The molecule has 1 unspecified atom stereocenters. The summed E-state index contributed by atoms with van der Waals surface area (Å²) in [7, 11) is 0. The first-order valence-corrected chi connectivity index (χ1v) is 16.8. The van der Waals surface area contributed by atoms with Gasteiger partial charge in [-0.3, -0.25) is 29.1 Å². The Morgan fingerprint density at radius 2 is 1.59 bits per heavy atom. The lowest BCUT2D eigenvalue weighted by Crippen LogP contribution is -2.50. The monoisotopic (exact) mass is 679 g/mol. The predicted molar refractivity (Wildman–Crippen MR) is 188 cm³/mol. The molecule has 0 saturated carbocycles. The van der Waals surface area contributed by atoms with Crippen molar-refractivity contribution in [2.24, 2.45) is 0 Å². The molecule has 11 heteroatoms. The normalized spacial score (nSPS) is 16.3. The Balaban J connectivity index is 1.11. The number of nitrogens with one attached hydrogen (secondary N) is 1. The third-order valence-electron chi connectivity index (χ3n) is 9.04. The molecule has 4 aromatic rings. The van der Waals surface area contributed by atoms with Crippen LogP contribution in [-0.4, -0.2) is 77.7 Å². The number of pyridine rings is 1. The SMILES string of the molecule is Cc1ccccc1C(=O)Nc1ccc(C(=O)N2CCCC(OC(=O)CN3CCN(C(=O)c4ccncc4)CC3)c3cc(Cl)ccc32)c(C)c1. The van der Waals surface area contributed by atoms with Crippen LogP contribution in [0, 0.1) is 13.8 Å². The Morgan fingerprint density at radius 3 is 2.33 bits per heavy atom. The Hall–Kier alpha value is -5.06. The molecule has 49 heavy (non-hydrogen) atoms. The number of aromatic nitrogens is 1. The van der Waals surface area contributed by atoms with Gasteiger partial charge in [-0.1, -0.05) is 29.8 Å². The van der Waals surface area contributed by atoms with Crippen LogP contribution in [0.3, 0.4) is 0 Å². The minimum Gasteiger partial charge on any atom is -0.456 e. The van der Waals surface area contributed by atoms with Gasteiger partial charge in [0.15, 0.2) is 0 Å². The number of hydrogen-bond donors (Lipinski definition) is 1. The first kappa shape index (κ1) is 33.8. The summed E-state index contributed by atoms with van der Waals surface area (Å²) in [4.78, 5) is 62.4. The molecule has 1 atom stereocenters. The summed E-state index contributed by atoms with van der Waals surface area (Å²) < 4.78 is 6.05. The van der Waals surface area contributed by atoms with Gasteiger partial charge in [-0.25, -0.2) is 0 Å². The average molecular weight is 680 g/mol. The third kappa shape index (κ3) is 7.82. The summed E-state index contributed by atoms with van der Waals surface area (Å²) in [6.07, 6.45) is 3.76. The number of aryl methyl sites for hydroxylation is 2. The van der Waals surface area contributed by atoms with Crippen LogP contribution in [-0.2, 0) is 9.53 Å². The smallest absolute Gasteiger partial charge is 0.320 e. The molecule has 252 valence electrons. The molecule has 3 heterocycles. The molecule has 6 rings (SSSR count). The molecule has 0 spiro atoms. The number of anilines is 2. The van der Waals surface area contributed by atoms with Gasteiger partial charge >= 0.3 is 5.97 Å². The number of carbonyl (C=O) groups is 4. The molecular formula is C38H38ClN5O5. The summed E-state index contributed by atoms with van der Waals surface area (Å²) in [5.74, 6) is -0.826. The topological polar surface area (TPSA) is 112 Å². The first-order valence-electron chi connectivity index (χ1n) is 16.4. The van der Waals surface area contributed by atoms with E-state index < -0.39 is 6.10 Å². The largest absolute Gasteiger partial charge is 0.456 e. The number of ether oxygens (including phenoxy) is 1. The second-order valence-electron chi connectivity index (χ2n) is 12.4. The van der Waals surface area contributed by atoms with Gasteiger partial charge in [0, 0.05) is 78.1 Å². The lowest BCUT2D eigenvalue weighted by Gasteiger charge is -2.34. The van der Waals surface area contributed by atoms with Gasteiger partial charge in [0.25, 0.3) is 17.7 Å². The van der Waals surface area contributed by atoms with E-state index in [-0.39, 0.29) is 30.2 Å². The van der Waals surface area contributed by atoms with Crippen LogP contribution in [0.25, 0.3) is 0 Å². The van der Waals surface area contributed by atoms with E-state index in [1.807, 2.05) is 36.9 Å². The van der Waals surface area contributed by atoms with Crippen molar-refractivity contribution in [3.8, 4) is 0 Å². The maximum Gasteiger partial charge on any atom is 0.320 e. The molecule has 3 amide bonds. The molecule has 0 radical (unpaired) electrons. The number of rotatable bonds is 7. The zero-order valence-electron chi connectivity index (χ0n) is 27.5. The molecule has 1 fully saturated rings. The minimum atomic E-state index is -0.575.